The summed E-state index contributed by atoms with van der Waals surface area (Å²) in [6.45, 7) is -0.261. The number of hydrogen-bond donors (Lipinski definition) is 2. The first kappa shape index (κ1) is 13.8. The van der Waals surface area contributed by atoms with Crippen molar-refractivity contribution in [2.24, 2.45) is 0 Å². The number of carbonyl (C=O) groups is 1. The summed E-state index contributed by atoms with van der Waals surface area (Å²) in [7, 11) is 0. The monoisotopic (exact) mass is 278 g/mol. The van der Waals surface area contributed by atoms with E-state index < -0.39 is 17.5 Å². The molecular formula is C14H12F2N2O2. The second kappa shape index (κ2) is 6.01. The molecule has 3 N–H and O–H groups in total. The van der Waals surface area contributed by atoms with Gasteiger partial charge in [0, 0.05) is 23.5 Å². The van der Waals surface area contributed by atoms with Gasteiger partial charge in [-0.2, -0.15) is 0 Å². The first-order valence-corrected chi connectivity index (χ1v) is 5.78. The van der Waals surface area contributed by atoms with Crippen LogP contribution in [0.5, 0.6) is 5.75 Å². The van der Waals surface area contributed by atoms with Gasteiger partial charge in [-0.05, 0) is 24.3 Å². The number of benzene rings is 2. The van der Waals surface area contributed by atoms with Crippen molar-refractivity contribution >= 4 is 17.3 Å². The molecule has 0 fully saturated rings. The van der Waals surface area contributed by atoms with Gasteiger partial charge < -0.3 is 15.8 Å². The standard InChI is InChI=1S/C14H12F2N2O2/c15-12-5-4-10(7-13(12)16)18-14(19)8-20-11-3-1-2-9(17)6-11/h1-7H,8,17H2,(H,18,19). The van der Waals surface area contributed by atoms with Gasteiger partial charge in [0.25, 0.3) is 5.91 Å². The van der Waals surface area contributed by atoms with Gasteiger partial charge in [0.05, 0.1) is 0 Å². The van der Waals surface area contributed by atoms with E-state index in [4.69, 9.17) is 10.5 Å². The van der Waals surface area contributed by atoms with Gasteiger partial charge in [-0.1, -0.05) is 6.07 Å². The van der Waals surface area contributed by atoms with Crippen molar-refractivity contribution in [1.29, 1.82) is 0 Å². The minimum absolute atomic E-state index is 0.157. The summed E-state index contributed by atoms with van der Waals surface area (Å²) in [6.07, 6.45) is 0. The summed E-state index contributed by atoms with van der Waals surface area (Å²) in [5.41, 5.74) is 6.24. The molecule has 2 aromatic rings. The van der Waals surface area contributed by atoms with E-state index in [1.807, 2.05) is 0 Å². The zero-order valence-electron chi connectivity index (χ0n) is 10.4. The van der Waals surface area contributed by atoms with Gasteiger partial charge in [-0.25, -0.2) is 8.78 Å². The zero-order chi connectivity index (χ0) is 14.5. The molecule has 0 atom stereocenters. The Kier molecular flexibility index (Phi) is 4.14. The Morgan fingerprint density at radius 3 is 2.65 bits per heavy atom. The lowest BCUT2D eigenvalue weighted by Crippen LogP contribution is -2.20. The summed E-state index contributed by atoms with van der Waals surface area (Å²) < 4.78 is 30.9. The topological polar surface area (TPSA) is 64.3 Å². The predicted molar refractivity (Wildman–Crippen MR) is 71.3 cm³/mol. The van der Waals surface area contributed by atoms with Crippen LogP contribution in [0.25, 0.3) is 0 Å². The lowest BCUT2D eigenvalue weighted by Gasteiger charge is -2.08. The number of amides is 1. The molecule has 0 spiro atoms. The first-order valence-electron chi connectivity index (χ1n) is 5.78. The van der Waals surface area contributed by atoms with Gasteiger partial charge in [-0.3, -0.25) is 4.79 Å². The summed E-state index contributed by atoms with van der Waals surface area (Å²) in [4.78, 5) is 11.6. The van der Waals surface area contributed by atoms with E-state index >= 15 is 0 Å². The molecule has 6 heteroatoms. The zero-order valence-corrected chi connectivity index (χ0v) is 10.4. The third-order valence-corrected chi connectivity index (χ3v) is 2.43. The molecule has 4 nitrogen and oxygen atoms in total. The predicted octanol–water partition coefficient (Wildman–Crippen LogP) is 2.56. The maximum absolute atomic E-state index is 13.0. The largest absolute Gasteiger partial charge is 0.484 e. The molecule has 0 bridgehead atoms. The van der Waals surface area contributed by atoms with E-state index in [9.17, 15) is 13.6 Å². The fourth-order valence-corrected chi connectivity index (χ4v) is 1.52. The van der Waals surface area contributed by atoms with E-state index in [0.29, 0.717) is 11.4 Å². The van der Waals surface area contributed by atoms with Crippen LogP contribution in [0, 0.1) is 11.6 Å². The smallest absolute Gasteiger partial charge is 0.262 e. The average molecular weight is 278 g/mol. The lowest BCUT2D eigenvalue weighted by atomic mass is 10.3. The van der Waals surface area contributed by atoms with Crippen molar-refractivity contribution in [3.63, 3.8) is 0 Å². The molecule has 0 aliphatic heterocycles. The highest BCUT2D eigenvalue weighted by Gasteiger charge is 2.07. The number of hydrogen-bond acceptors (Lipinski definition) is 3. The Morgan fingerprint density at radius 1 is 1.15 bits per heavy atom. The molecule has 0 aromatic heterocycles. The molecule has 0 radical (unpaired) electrons. The first-order chi connectivity index (χ1) is 9.54. The van der Waals surface area contributed by atoms with Crippen molar-refractivity contribution in [3.05, 3.63) is 54.1 Å². The summed E-state index contributed by atoms with van der Waals surface area (Å²) in [6, 6.07) is 9.70. The molecule has 0 aliphatic rings. The molecule has 0 aliphatic carbocycles. The van der Waals surface area contributed by atoms with Crippen molar-refractivity contribution in [2.75, 3.05) is 17.7 Å². The van der Waals surface area contributed by atoms with Crippen LogP contribution < -0.4 is 15.8 Å². The van der Waals surface area contributed by atoms with Crippen LogP contribution in [-0.4, -0.2) is 12.5 Å². The minimum Gasteiger partial charge on any atom is -0.484 e. The Labute approximate surface area is 114 Å². The molecule has 2 rings (SSSR count). The molecular weight excluding hydrogens is 266 g/mol. The highest BCUT2D eigenvalue weighted by molar-refractivity contribution is 5.91. The molecule has 104 valence electrons. The average Bonchev–Trinajstić information content (AvgIpc) is 2.41. The summed E-state index contributed by atoms with van der Waals surface area (Å²) in [5, 5.41) is 2.39. The van der Waals surface area contributed by atoms with Crippen LogP contribution in [0.2, 0.25) is 0 Å². The number of rotatable bonds is 4. The van der Waals surface area contributed by atoms with E-state index in [2.05, 4.69) is 5.32 Å². The van der Waals surface area contributed by atoms with Crippen LogP contribution >= 0.6 is 0 Å². The highest BCUT2D eigenvalue weighted by Crippen LogP contribution is 2.15. The lowest BCUT2D eigenvalue weighted by molar-refractivity contribution is -0.118. The second-order valence-corrected chi connectivity index (χ2v) is 4.04. The fraction of sp³-hybridized carbons (Fsp3) is 0.0714. The third-order valence-electron chi connectivity index (χ3n) is 2.43. The van der Waals surface area contributed by atoms with Gasteiger partial charge in [0.2, 0.25) is 0 Å². The molecule has 1 amide bonds. The molecule has 0 saturated heterocycles. The van der Waals surface area contributed by atoms with Crippen LogP contribution in [0.1, 0.15) is 0 Å². The molecule has 20 heavy (non-hydrogen) atoms. The van der Waals surface area contributed by atoms with Crippen molar-refractivity contribution < 1.29 is 18.3 Å². The molecule has 0 heterocycles. The number of anilines is 2. The number of nitrogen functional groups attached to an aromatic ring is 1. The van der Waals surface area contributed by atoms with E-state index in [1.165, 1.54) is 6.07 Å². The van der Waals surface area contributed by atoms with E-state index in [-0.39, 0.29) is 12.3 Å². The molecule has 0 saturated carbocycles. The Bertz CT molecular complexity index is 632. The van der Waals surface area contributed by atoms with Crippen molar-refractivity contribution in [3.8, 4) is 5.75 Å². The number of carbonyl (C=O) groups excluding carboxylic acids is 1. The van der Waals surface area contributed by atoms with Crippen molar-refractivity contribution in [1.82, 2.24) is 0 Å². The Balaban J connectivity index is 1.91. The Hall–Kier alpha value is -2.63. The highest BCUT2D eigenvalue weighted by atomic mass is 19.2. The van der Waals surface area contributed by atoms with E-state index in [0.717, 1.165) is 12.1 Å². The van der Waals surface area contributed by atoms with Crippen LogP contribution in [0.4, 0.5) is 20.2 Å². The molecule has 2 aromatic carbocycles. The normalized spacial score (nSPS) is 10.1. The number of nitrogens with two attached hydrogens (primary N) is 1. The maximum atomic E-state index is 13.0. The summed E-state index contributed by atoms with van der Waals surface area (Å²) >= 11 is 0. The fourth-order valence-electron chi connectivity index (χ4n) is 1.52. The van der Waals surface area contributed by atoms with Gasteiger partial charge >= 0.3 is 0 Å². The van der Waals surface area contributed by atoms with E-state index in [1.54, 1.807) is 24.3 Å². The third kappa shape index (κ3) is 3.68. The number of halogens is 2. The number of nitrogens with one attached hydrogen (secondary N) is 1. The molecule has 0 unspecified atom stereocenters. The van der Waals surface area contributed by atoms with Crippen LogP contribution in [-0.2, 0) is 4.79 Å². The quantitative estimate of drug-likeness (QED) is 0.845. The van der Waals surface area contributed by atoms with Gasteiger partial charge in [0.15, 0.2) is 18.2 Å². The Morgan fingerprint density at radius 2 is 1.95 bits per heavy atom. The van der Waals surface area contributed by atoms with Crippen LogP contribution in [0.15, 0.2) is 42.5 Å². The second-order valence-electron chi connectivity index (χ2n) is 4.04. The summed E-state index contributed by atoms with van der Waals surface area (Å²) in [5.74, 6) is -2.04. The SMILES string of the molecule is Nc1cccc(OCC(=O)Nc2ccc(F)c(F)c2)c1. The van der Waals surface area contributed by atoms with Crippen molar-refractivity contribution in [2.45, 2.75) is 0 Å². The van der Waals surface area contributed by atoms with Gasteiger partial charge in [0.1, 0.15) is 5.75 Å². The van der Waals surface area contributed by atoms with Gasteiger partial charge in [-0.15, -0.1) is 0 Å². The maximum Gasteiger partial charge on any atom is 0.262 e. The van der Waals surface area contributed by atoms with Crippen LogP contribution in [0.3, 0.4) is 0 Å². The number of ether oxygens (including phenoxy) is 1. The minimum atomic E-state index is -1.03.